The highest BCUT2D eigenvalue weighted by Crippen LogP contribution is 2.30. The lowest BCUT2D eigenvalue weighted by atomic mass is 10.1. The highest BCUT2D eigenvalue weighted by atomic mass is 16.6. The Morgan fingerprint density at radius 1 is 1.52 bits per heavy atom. The van der Waals surface area contributed by atoms with Gasteiger partial charge < -0.3 is 20.9 Å². The van der Waals surface area contributed by atoms with Gasteiger partial charge in [0.2, 0.25) is 5.95 Å². The smallest absolute Gasteiger partial charge is 0.323 e. The molecule has 3 atom stereocenters. The van der Waals surface area contributed by atoms with Crippen LogP contribution in [0.1, 0.15) is 32.9 Å². The summed E-state index contributed by atoms with van der Waals surface area (Å²) in [6.07, 6.45) is 2.29. The summed E-state index contributed by atoms with van der Waals surface area (Å²) in [5, 5.41) is 0. The number of rotatable bonds is 5. The zero-order valence-corrected chi connectivity index (χ0v) is 14.1. The van der Waals surface area contributed by atoms with Crippen LogP contribution in [0.15, 0.2) is 11.1 Å². The second kappa shape index (κ2) is 6.81. The van der Waals surface area contributed by atoms with Gasteiger partial charge in [-0.25, -0.2) is 4.98 Å². The molecule has 1 aliphatic rings. The molecule has 0 spiro atoms. The first-order valence-electron chi connectivity index (χ1n) is 8.16. The molecule has 0 aliphatic carbocycles. The van der Waals surface area contributed by atoms with Crippen molar-refractivity contribution in [2.24, 2.45) is 11.7 Å². The van der Waals surface area contributed by atoms with E-state index in [0.717, 1.165) is 0 Å². The van der Waals surface area contributed by atoms with Crippen LogP contribution in [0.3, 0.4) is 0 Å². The minimum Gasteiger partial charge on any atom is -0.462 e. The number of carbonyl (C=O) groups excluding carboxylic acids is 1. The summed E-state index contributed by atoms with van der Waals surface area (Å²) < 4.78 is 12.8. The molecule has 25 heavy (non-hydrogen) atoms. The number of aromatic nitrogens is 4. The molecule has 0 amide bonds. The van der Waals surface area contributed by atoms with Gasteiger partial charge in [0.05, 0.1) is 12.4 Å². The second-order valence-electron chi connectivity index (χ2n) is 6.47. The van der Waals surface area contributed by atoms with Crippen LogP contribution in [0.2, 0.25) is 0 Å². The molecule has 5 N–H and O–H groups in total. The summed E-state index contributed by atoms with van der Waals surface area (Å²) in [6.45, 7) is 3.86. The van der Waals surface area contributed by atoms with Crippen LogP contribution in [0.5, 0.6) is 0 Å². The molecule has 0 saturated carbocycles. The van der Waals surface area contributed by atoms with Crippen LogP contribution in [0.25, 0.3) is 11.2 Å². The number of imidazole rings is 1. The minimum atomic E-state index is -0.645. The van der Waals surface area contributed by atoms with Gasteiger partial charge in [0.1, 0.15) is 18.9 Å². The van der Waals surface area contributed by atoms with Crippen LogP contribution in [0, 0.1) is 5.92 Å². The normalized spacial score (nSPS) is 21.8. The maximum Gasteiger partial charge on any atom is 0.323 e. The first-order chi connectivity index (χ1) is 11.9. The molecule has 136 valence electrons. The van der Waals surface area contributed by atoms with Gasteiger partial charge in [0, 0.05) is 0 Å². The number of nitrogen functional groups attached to an aromatic ring is 1. The van der Waals surface area contributed by atoms with Gasteiger partial charge in [-0.2, -0.15) is 4.98 Å². The lowest BCUT2D eigenvalue weighted by molar-refractivity contribution is -0.151. The van der Waals surface area contributed by atoms with Crippen molar-refractivity contribution in [1.29, 1.82) is 0 Å². The SMILES string of the molecule is CC(C)C(N)C(=O)OCC1CCC(n2cnc3c(=O)[nH]c(N)nc32)O1. The fraction of sp³-hybridized carbons (Fsp3) is 0.600. The van der Waals surface area contributed by atoms with E-state index in [1.165, 1.54) is 6.33 Å². The largest absolute Gasteiger partial charge is 0.462 e. The average Bonchev–Trinajstić information content (AvgIpc) is 3.18. The predicted molar refractivity (Wildman–Crippen MR) is 89.5 cm³/mol. The molecule has 2 aromatic rings. The Bertz CT molecular complexity index is 829. The number of aromatic amines is 1. The number of fused-ring (bicyclic) bond motifs is 1. The van der Waals surface area contributed by atoms with Crippen molar-refractivity contribution in [2.75, 3.05) is 12.3 Å². The number of carbonyl (C=O) groups is 1. The summed E-state index contributed by atoms with van der Waals surface area (Å²) in [5.41, 5.74) is 11.5. The van der Waals surface area contributed by atoms with E-state index >= 15 is 0 Å². The van der Waals surface area contributed by atoms with Crippen LogP contribution in [-0.4, -0.2) is 44.2 Å². The van der Waals surface area contributed by atoms with Crippen molar-refractivity contribution in [3.63, 3.8) is 0 Å². The fourth-order valence-electron chi connectivity index (χ4n) is 2.71. The number of nitrogens with two attached hydrogens (primary N) is 2. The molecule has 1 saturated heterocycles. The number of anilines is 1. The van der Waals surface area contributed by atoms with Gasteiger partial charge in [0.25, 0.3) is 5.56 Å². The molecule has 10 heteroatoms. The van der Waals surface area contributed by atoms with E-state index in [4.69, 9.17) is 20.9 Å². The molecule has 2 aromatic heterocycles. The Kier molecular flexibility index (Phi) is 4.73. The molecule has 1 aliphatic heterocycles. The van der Waals surface area contributed by atoms with Crippen molar-refractivity contribution in [1.82, 2.24) is 19.5 Å². The van der Waals surface area contributed by atoms with Gasteiger partial charge in [-0.05, 0) is 18.8 Å². The molecule has 3 heterocycles. The van der Waals surface area contributed by atoms with Crippen molar-refractivity contribution in [2.45, 2.75) is 45.1 Å². The molecule has 3 rings (SSSR count). The highest BCUT2D eigenvalue weighted by molar-refractivity contribution is 5.75. The standard InChI is InChI=1S/C15H22N6O4/c1-7(2)10(16)14(23)24-5-8-3-4-9(25-8)21-6-18-11-12(21)19-15(17)20-13(11)22/h6-10H,3-5,16H2,1-2H3,(H3,17,19,20,22). The van der Waals surface area contributed by atoms with E-state index in [-0.39, 0.29) is 36.3 Å². The van der Waals surface area contributed by atoms with Gasteiger partial charge in [-0.1, -0.05) is 13.8 Å². The van der Waals surface area contributed by atoms with E-state index < -0.39 is 17.6 Å². The van der Waals surface area contributed by atoms with E-state index in [0.29, 0.717) is 18.5 Å². The quantitative estimate of drug-likeness (QED) is 0.633. The number of H-pyrrole nitrogens is 1. The number of hydrogen-bond donors (Lipinski definition) is 3. The van der Waals surface area contributed by atoms with Crippen LogP contribution in [0.4, 0.5) is 5.95 Å². The van der Waals surface area contributed by atoms with E-state index in [9.17, 15) is 9.59 Å². The number of nitrogens with one attached hydrogen (secondary N) is 1. The van der Waals surface area contributed by atoms with Gasteiger partial charge >= 0.3 is 5.97 Å². The van der Waals surface area contributed by atoms with Crippen molar-refractivity contribution < 1.29 is 14.3 Å². The Labute approximate surface area is 143 Å². The van der Waals surface area contributed by atoms with Crippen LogP contribution < -0.4 is 17.0 Å². The fourth-order valence-corrected chi connectivity index (χ4v) is 2.71. The van der Waals surface area contributed by atoms with Crippen LogP contribution >= 0.6 is 0 Å². The number of esters is 1. The third-order valence-electron chi connectivity index (χ3n) is 4.25. The lowest BCUT2D eigenvalue weighted by Crippen LogP contribution is -2.38. The predicted octanol–water partition coefficient (Wildman–Crippen LogP) is -0.0941. The Morgan fingerprint density at radius 3 is 3.00 bits per heavy atom. The topological polar surface area (TPSA) is 151 Å². The molecular formula is C15H22N6O4. The maximum absolute atomic E-state index is 11.8. The molecule has 10 nitrogen and oxygen atoms in total. The van der Waals surface area contributed by atoms with Crippen molar-refractivity contribution >= 4 is 23.1 Å². The average molecular weight is 350 g/mol. The molecule has 0 radical (unpaired) electrons. The number of hydrogen-bond acceptors (Lipinski definition) is 8. The first kappa shape index (κ1) is 17.4. The third kappa shape index (κ3) is 3.49. The molecular weight excluding hydrogens is 328 g/mol. The van der Waals surface area contributed by atoms with Gasteiger partial charge in [0.15, 0.2) is 11.2 Å². The Morgan fingerprint density at radius 2 is 2.28 bits per heavy atom. The minimum absolute atomic E-state index is 0.0108. The second-order valence-corrected chi connectivity index (χ2v) is 6.47. The summed E-state index contributed by atoms with van der Waals surface area (Å²) in [7, 11) is 0. The third-order valence-corrected chi connectivity index (χ3v) is 4.25. The molecule has 0 aromatic carbocycles. The molecule has 3 unspecified atom stereocenters. The summed E-state index contributed by atoms with van der Waals surface area (Å²) in [4.78, 5) is 34.2. The maximum atomic E-state index is 11.8. The molecule has 0 bridgehead atoms. The van der Waals surface area contributed by atoms with Crippen LogP contribution in [-0.2, 0) is 14.3 Å². The lowest BCUT2D eigenvalue weighted by Gasteiger charge is -2.18. The summed E-state index contributed by atoms with van der Waals surface area (Å²) >= 11 is 0. The Hall–Kier alpha value is -2.46. The zero-order chi connectivity index (χ0) is 18.1. The summed E-state index contributed by atoms with van der Waals surface area (Å²) in [6, 6.07) is -0.645. The summed E-state index contributed by atoms with van der Waals surface area (Å²) in [5.74, 6) is -0.404. The van der Waals surface area contributed by atoms with E-state index in [1.54, 1.807) is 4.57 Å². The van der Waals surface area contributed by atoms with E-state index in [1.807, 2.05) is 13.8 Å². The monoisotopic (exact) mass is 350 g/mol. The van der Waals surface area contributed by atoms with Crippen molar-refractivity contribution in [3.8, 4) is 0 Å². The number of ether oxygens (including phenoxy) is 2. The van der Waals surface area contributed by atoms with Gasteiger partial charge in [-0.3, -0.25) is 19.1 Å². The van der Waals surface area contributed by atoms with Crippen molar-refractivity contribution in [3.05, 3.63) is 16.7 Å². The zero-order valence-electron chi connectivity index (χ0n) is 14.1. The number of nitrogens with zero attached hydrogens (tertiary/aromatic N) is 3. The first-order valence-corrected chi connectivity index (χ1v) is 8.16. The Balaban J connectivity index is 1.66. The molecule has 1 fully saturated rings. The van der Waals surface area contributed by atoms with Gasteiger partial charge in [-0.15, -0.1) is 0 Å². The van der Waals surface area contributed by atoms with E-state index in [2.05, 4.69) is 15.0 Å². The highest BCUT2D eigenvalue weighted by Gasteiger charge is 2.30.